The Bertz CT molecular complexity index is 594. The van der Waals surface area contributed by atoms with E-state index in [0.29, 0.717) is 0 Å². The molecule has 0 saturated heterocycles. The summed E-state index contributed by atoms with van der Waals surface area (Å²) in [5.74, 6) is 0.642. The van der Waals surface area contributed by atoms with Crippen LogP contribution in [0.5, 0.6) is 5.75 Å². The van der Waals surface area contributed by atoms with Gasteiger partial charge in [0.1, 0.15) is 5.75 Å². The maximum Gasteiger partial charge on any atom is 0.260 e. The molecule has 0 aliphatic carbocycles. The summed E-state index contributed by atoms with van der Waals surface area (Å²) in [4.78, 5) is 11.9. The molecule has 0 radical (unpaired) electrons. The van der Waals surface area contributed by atoms with E-state index in [1.807, 2.05) is 50.2 Å². The third-order valence-electron chi connectivity index (χ3n) is 3.40. The average molecular weight is 271 g/mol. The summed E-state index contributed by atoms with van der Waals surface area (Å²) in [6.07, 6.45) is 0.416. The lowest BCUT2D eigenvalue weighted by atomic mass is 10.1. The van der Waals surface area contributed by atoms with Gasteiger partial charge >= 0.3 is 0 Å². The minimum Gasteiger partial charge on any atom is -0.481 e. The zero-order valence-electron chi connectivity index (χ0n) is 12.2. The second kappa shape index (κ2) is 6.42. The fraction of sp³-hybridized carbons (Fsp3) is 0.353. The third-order valence-corrected chi connectivity index (χ3v) is 3.40. The maximum atomic E-state index is 11.9. The lowest BCUT2D eigenvalue weighted by Crippen LogP contribution is -2.40. The van der Waals surface area contributed by atoms with Gasteiger partial charge in [-0.25, -0.2) is 0 Å². The largest absolute Gasteiger partial charge is 0.481 e. The van der Waals surface area contributed by atoms with E-state index in [2.05, 4.69) is 11.4 Å². The fourth-order valence-corrected chi connectivity index (χ4v) is 1.96. The van der Waals surface area contributed by atoms with Crippen molar-refractivity contribution in [3.63, 3.8) is 0 Å². The summed E-state index contributed by atoms with van der Waals surface area (Å²) in [6, 6.07) is 14.1. The highest BCUT2D eigenvalue weighted by Gasteiger charge is 2.16. The van der Waals surface area contributed by atoms with Gasteiger partial charge in [0.25, 0.3) is 5.91 Å². The molecule has 106 valence electrons. The van der Waals surface area contributed by atoms with E-state index < -0.39 is 6.10 Å². The van der Waals surface area contributed by atoms with Gasteiger partial charge in [0.05, 0.1) is 0 Å². The molecule has 0 unspecified atom stereocenters. The van der Waals surface area contributed by atoms with Crippen LogP contribution in [0, 0.1) is 0 Å². The van der Waals surface area contributed by atoms with Crippen LogP contribution in [0.15, 0.2) is 42.5 Å². The molecule has 0 aliphatic rings. The fourth-order valence-electron chi connectivity index (χ4n) is 1.96. The Morgan fingerprint density at radius 1 is 1.15 bits per heavy atom. The van der Waals surface area contributed by atoms with E-state index in [9.17, 15) is 4.79 Å². The molecule has 2 rings (SSSR count). The van der Waals surface area contributed by atoms with E-state index in [1.54, 1.807) is 6.92 Å². The van der Waals surface area contributed by atoms with Crippen molar-refractivity contribution in [1.82, 2.24) is 5.32 Å². The number of carbonyl (C=O) groups is 1. The zero-order valence-corrected chi connectivity index (χ0v) is 12.2. The predicted molar refractivity (Wildman–Crippen MR) is 81.9 cm³/mol. The van der Waals surface area contributed by atoms with E-state index in [0.717, 1.165) is 22.9 Å². The lowest BCUT2D eigenvalue weighted by Gasteiger charge is -2.18. The highest BCUT2D eigenvalue weighted by molar-refractivity contribution is 5.84. The minimum absolute atomic E-state index is 0.0764. The lowest BCUT2D eigenvalue weighted by molar-refractivity contribution is -0.127. The Morgan fingerprint density at radius 2 is 1.85 bits per heavy atom. The van der Waals surface area contributed by atoms with Gasteiger partial charge in [0, 0.05) is 6.04 Å². The van der Waals surface area contributed by atoms with Crippen LogP contribution in [-0.2, 0) is 4.79 Å². The van der Waals surface area contributed by atoms with Crippen LogP contribution in [0.3, 0.4) is 0 Å². The monoisotopic (exact) mass is 271 g/mol. The molecule has 2 aromatic carbocycles. The molecule has 0 saturated carbocycles. The number of fused-ring (bicyclic) bond motifs is 1. The van der Waals surface area contributed by atoms with Crippen LogP contribution in [0.1, 0.15) is 27.2 Å². The Labute approximate surface area is 119 Å². The molecular formula is C17H21NO2. The van der Waals surface area contributed by atoms with Crippen molar-refractivity contribution in [3.05, 3.63) is 42.5 Å². The van der Waals surface area contributed by atoms with Gasteiger partial charge in [0.2, 0.25) is 0 Å². The third kappa shape index (κ3) is 3.50. The van der Waals surface area contributed by atoms with Crippen molar-refractivity contribution in [1.29, 1.82) is 0 Å². The molecule has 1 N–H and O–H groups in total. The number of hydrogen-bond donors (Lipinski definition) is 1. The molecule has 2 atom stereocenters. The number of rotatable bonds is 5. The second-order valence-corrected chi connectivity index (χ2v) is 5.09. The summed E-state index contributed by atoms with van der Waals surface area (Å²) >= 11 is 0. The van der Waals surface area contributed by atoms with Crippen molar-refractivity contribution in [2.24, 2.45) is 0 Å². The van der Waals surface area contributed by atoms with Gasteiger partial charge in [-0.2, -0.15) is 0 Å². The molecule has 0 bridgehead atoms. The van der Waals surface area contributed by atoms with Gasteiger partial charge in [-0.15, -0.1) is 0 Å². The number of benzene rings is 2. The summed E-state index contributed by atoms with van der Waals surface area (Å²) in [7, 11) is 0. The number of hydrogen-bond acceptors (Lipinski definition) is 2. The predicted octanol–water partition coefficient (Wildman–Crippen LogP) is 3.52. The molecule has 1 amide bonds. The van der Waals surface area contributed by atoms with Crippen LogP contribution in [0.25, 0.3) is 10.8 Å². The first-order chi connectivity index (χ1) is 9.60. The number of carbonyl (C=O) groups excluding carboxylic acids is 1. The van der Waals surface area contributed by atoms with Crippen LogP contribution >= 0.6 is 0 Å². The quantitative estimate of drug-likeness (QED) is 0.903. The van der Waals surface area contributed by atoms with Crippen molar-refractivity contribution in [3.8, 4) is 5.75 Å². The SMILES string of the molecule is CC[C@H](C)NC(=O)[C@H](C)Oc1ccc2ccccc2c1. The van der Waals surface area contributed by atoms with Gasteiger partial charge in [0.15, 0.2) is 6.10 Å². The molecule has 0 fully saturated rings. The second-order valence-electron chi connectivity index (χ2n) is 5.09. The molecule has 0 spiro atoms. The van der Waals surface area contributed by atoms with E-state index >= 15 is 0 Å². The average Bonchev–Trinajstić information content (AvgIpc) is 2.46. The normalized spacial score (nSPS) is 13.8. The molecule has 0 heterocycles. The van der Waals surface area contributed by atoms with Gasteiger partial charge in [-0.05, 0) is 43.2 Å². The van der Waals surface area contributed by atoms with E-state index in [4.69, 9.17) is 4.74 Å². The smallest absolute Gasteiger partial charge is 0.260 e. The van der Waals surface area contributed by atoms with Crippen molar-refractivity contribution in [2.75, 3.05) is 0 Å². The molecular weight excluding hydrogens is 250 g/mol. The Hall–Kier alpha value is -2.03. The van der Waals surface area contributed by atoms with Gasteiger partial charge in [-0.3, -0.25) is 4.79 Å². The molecule has 0 aromatic heterocycles. The highest BCUT2D eigenvalue weighted by Crippen LogP contribution is 2.21. The molecule has 2 aromatic rings. The van der Waals surface area contributed by atoms with Crippen molar-refractivity contribution in [2.45, 2.75) is 39.3 Å². The van der Waals surface area contributed by atoms with E-state index in [-0.39, 0.29) is 11.9 Å². The summed E-state index contributed by atoms with van der Waals surface area (Å²) < 4.78 is 5.72. The first-order valence-corrected chi connectivity index (χ1v) is 7.06. The van der Waals surface area contributed by atoms with Crippen LogP contribution < -0.4 is 10.1 Å². The molecule has 3 nitrogen and oxygen atoms in total. The summed E-state index contributed by atoms with van der Waals surface area (Å²) in [5.41, 5.74) is 0. The summed E-state index contributed by atoms with van der Waals surface area (Å²) in [5, 5.41) is 5.20. The Kier molecular flexibility index (Phi) is 4.61. The number of nitrogens with one attached hydrogen (secondary N) is 1. The molecule has 20 heavy (non-hydrogen) atoms. The summed E-state index contributed by atoms with van der Waals surface area (Å²) in [6.45, 7) is 5.80. The molecule has 3 heteroatoms. The highest BCUT2D eigenvalue weighted by atomic mass is 16.5. The standard InChI is InChI=1S/C17H21NO2/c1-4-12(2)18-17(19)13(3)20-16-10-9-14-7-5-6-8-15(14)11-16/h5-13H,4H2,1-3H3,(H,18,19)/t12-,13-/m0/s1. The van der Waals surface area contributed by atoms with Crippen LogP contribution in [-0.4, -0.2) is 18.1 Å². The van der Waals surface area contributed by atoms with Gasteiger partial charge in [-0.1, -0.05) is 37.3 Å². The number of amides is 1. The maximum absolute atomic E-state index is 11.9. The van der Waals surface area contributed by atoms with E-state index in [1.165, 1.54) is 0 Å². The Morgan fingerprint density at radius 3 is 2.55 bits per heavy atom. The number of ether oxygens (including phenoxy) is 1. The van der Waals surface area contributed by atoms with Crippen molar-refractivity contribution >= 4 is 16.7 Å². The topological polar surface area (TPSA) is 38.3 Å². The first-order valence-electron chi connectivity index (χ1n) is 7.06. The van der Waals surface area contributed by atoms with Crippen molar-refractivity contribution < 1.29 is 9.53 Å². The zero-order chi connectivity index (χ0) is 14.5. The van der Waals surface area contributed by atoms with Crippen LogP contribution in [0.2, 0.25) is 0 Å². The minimum atomic E-state index is -0.495. The first kappa shape index (κ1) is 14.4. The van der Waals surface area contributed by atoms with Crippen LogP contribution in [0.4, 0.5) is 0 Å². The molecule has 0 aliphatic heterocycles. The van der Waals surface area contributed by atoms with Gasteiger partial charge < -0.3 is 10.1 Å². The Balaban J connectivity index is 2.05.